The highest BCUT2D eigenvalue weighted by Crippen LogP contribution is 2.36. The second kappa shape index (κ2) is 7.52. The number of halogens is 1. The minimum absolute atomic E-state index is 0.296. The molecule has 132 valence electrons. The zero-order valence-corrected chi connectivity index (χ0v) is 14.3. The van der Waals surface area contributed by atoms with Gasteiger partial charge in [0.25, 0.3) is 0 Å². The van der Waals surface area contributed by atoms with Crippen LogP contribution in [0.3, 0.4) is 0 Å². The molecule has 26 heavy (non-hydrogen) atoms. The third-order valence-corrected chi connectivity index (χ3v) is 4.72. The highest BCUT2D eigenvalue weighted by Gasteiger charge is 2.29. The molecule has 0 saturated heterocycles. The lowest BCUT2D eigenvalue weighted by Gasteiger charge is -2.21. The molecule has 2 unspecified atom stereocenters. The lowest BCUT2D eigenvalue weighted by Crippen LogP contribution is -2.23. The van der Waals surface area contributed by atoms with Crippen molar-refractivity contribution < 1.29 is 9.13 Å². The van der Waals surface area contributed by atoms with E-state index in [1.54, 1.807) is 24.4 Å². The molecule has 0 bridgehead atoms. The van der Waals surface area contributed by atoms with Gasteiger partial charge in [-0.25, -0.2) is 9.37 Å². The molecule has 4 nitrogen and oxygen atoms in total. The van der Waals surface area contributed by atoms with Gasteiger partial charge in [0.1, 0.15) is 11.6 Å². The molecule has 1 saturated carbocycles. The van der Waals surface area contributed by atoms with Gasteiger partial charge in [0.2, 0.25) is 11.8 Å². The van der Waals surface area contributed by atoms with Gasteiger partial charge in [0.15, 0.2) is 0 Å². The Labute approximate surface area is 152 Å². The highest BCUT2D eigenvalue weighted by atomic mass is 19.1. The summed E-state index contributed by atoms with van der Waals surface area (Å²) in [6, 6.07) is 18.4. The molecular formula is C21H20FN3O. The molecule has 2 aromatic carbocycles. The lowest BCUT2D eigenvalue weighted by molar-refractivity contribution is 0.460. The minimum Gasteiger partial charge on any atom is -0.439 e. The Morgan fingerprint density at radius 3 is 2.58 bits per heavy atom. The average Bonchev–Trinajstić information content (AvgIpc) is 3.13. The summed E-state index contributed by atoms with van der Waals surface area (Å²) >= 11 is 0. The Kier molecular flexibility index (Phi) is 4.78. The van der Waals surface area contributed by atoms with Crippen LogP contribution in [0.15, 0.2) is 66.9 Å². The number of aromatic nitrogens is 2. The van der Waals surface area contributed by atoms with Crippen LogP contribution in [0.1, 0.15) is 30.7 Å². The first-order valence-electron chi connectivity index (χ1n) is 8.86. The van der Waals surface area contributed by atoms with Crippen LogP contribution >= 0.6 is 0 Å². The second-order valence-corrected chi connectivity index (χ2v) is 6.47. The summed E-state index contributed by atoms with van der Waals surface area (Å²) in [4.78, 5) is 8.77. The molecule has 1 heterocycles. The van der Waals surface area contributed by atoms with E-state index in [4.69, 9.17) is 4.74 Å². The molecule has 0 radical (unpaired) electrons. The summed E-state index contributed by atoms with van der Waals surface area (Å²) in [5.41, 5.74) is 1.35. The average molecular weight is 349 g/mol. The van der Waals surface area contributed by atoms with Crippen LogP contribution in [0.5, 0.6) is 11.6 Å². The van der Waals surface area contributed by atoms with E-state index in [0.29, 0.717) is 29.5 Å². The van der Waals surface area contributed by atoms with E-state index >= 15 is 0 Å². The van der Waals surface area contributed by atoms with Crippen molar-refractivity contribution in [3.8, 4) is 11.6 Å². The fourth-order valence-electron chi connectivity index (χ4n) is 3.49. The van der Waals surface area contributed by atoms with E-state index in [1.165, 1.54) is 24.1 Å². The minimum atomic E-state index is -0.296. The van der Waals surface area contributed by atoms with Crippen molar-refractivity contribution in [1.82, 2.24) is 9.97 Å². The molecule has 5 heteroatoms. The first kappa shape index (κ1) is 16.5. The molecule has 2 atom stereocenters. The molecule has 3 aromatic rings. The zero-order chi connectivity index (χ0) is 17.8. The predicted octanol–water partition coefficient (Wildman–Crippen LogP) is 5.16. The van der Waals surface area contributed by atoms with E-state index in [9.17, 15) is 4.39 Å². The van der Waals surface area contributed by atoms with Crippen LogP contribution < -0.4 is 10.1 Å². The molecule has 1 aliphatic rings. The number of hydrogen-bond acceptors (Lipinski definition) is 4. The van der Waals surface area contributed by atoms with E-state index in [1.807, 2.05) is 6.07 Å². The summed E-state index contributed by atoms with van der Waals surface area (Å²) in [5, 5.41) is 3.46. The summed E-state index contributed by atoms with van der Waals surface area (Å²) < 4.78 is 18.7. The van der Waals surface area contributed by atoms with Crippen LogP contribution in [0.25, 0.3) is 0 Å². The molecule has 1 N–H and O–H groups in total. The van der Waals surface area contributed by atoms with Crippen molar-refractivity contribution in [2.75, 3.05) is 5.32 Å². The molecule has 1 aliphatic carbocycles. The summed E-state index contributed by atoms with van der Waals surface area (Å²) in [5.74, 6) is 1.69. The van der Waals surface area contributed by atoms with Crippen molar-refractivity contribution in [3.63, 3.8) is 0 Å². The number of nitrogens with one attached hydrogen (secondary N) is 1. The largest absolute Gasteiger partial charge is 0.439 e. The normalized spacial score (nSPS) is 19.3. The quantitative estimate of drug-likeness (QED) is 0.691. The molecule has 1 aromatic heterocycles. The molecular weight excluding hydrogens is 329 g/mol. The summed E-state index contributed by atoms with van der Waals surface area (Å²) in [7, 11) is 0. The zero-order valence-electron chi connectivity index (χ0n) is 14.3. The van der Waals surface area contributed by atoms with Crippen LogP contribution in [0.4, 0.5) is 10.3 Å². The number of nitrogens with zero attached hydrogens (tertiary/aromatic N) is 2. The van der Waals surface area contributed by atoms with Crippen molar-refractivity contribution in [3.05, 3.63) is 78.2 Å². The second-order valence-electron chi connectivity index (χ2n) is 6.47. The number of anilines is 1. The fraction of sp³-hybridized carbons (Fsp3) is 0.238. The first-order valence-corrected chi connectivity index (χ1v) is 8.86. The lowest BCUT2D eigenvalue weighted by atomic mass is 9.94. The maximum Gasteiger partial charge on any atom is 0.226 e. The molecule has 0 spiro atoms. The van der Waals surface area contributed by atoms with Crippen LogP contribution in [0, 0.1) is 5.82 Å². The Bertz CT molecular complexity index is 855. The standard InChI is InChI=1S/C21H20FN3O/c22-16-9-11-17(12-10-16)26-20-13-14-23-21(25-20)24-19-8-4-7-18(19)15-5-2-1-3-6-15/h1-3,5-6,9-14,18-19H,4,7-8H2,(H,23,24,25). The third kappa shape index (κ3) is 3.82. The first-order chi connectivity index (χ1) is 12.8. The van der Waals surface area contributed by atoms with Gasteiger partial charge in [-0.15, -0.1) is 0 Å². The number of rotatable bonds is 5. The highest BCUT2D eigenvalue weighted by molar-refractivity contribution is 5.35. The van der Waals surface area contributed by atoms with Gasteiger partial charge in [-0.2, -0.15) is 4.98 Å². The monoisotopic (exact) mass is 349 g/mol. The van der Waals surface area contributed by atoms with Gasteiger partial charge in [-0.3, -0.25) is 0 Å². The van der Waals surface area contributed by atoms with E-state index < -0.39 is 0 Å². The fourth-order valence-corrected chi connectivity index (χ4v) is 3.49. The van der Waals surface area contributed by atoms with Crippen LogP contribution in [-0.2, 0) is 0 Å². The Balaban J connectivity index is 1.47. The van der Waals surface area contributed by atoms with Crippen molar-refractivity contribution in [2.45, 2.75) is 31.2 Å². The van der Waals surface area contributed by atoms with E-state index in [0.717, 1.165) is 12.8 Å². The Morgan fingerprint density at radius 1 is 0.962 bits per heavy atom. The van der Waals surface area contributed by atoms with Gasteiger partial charge < -0.3 is 10.1 Å². The maximum absolute atomic E-state index is 13.0. The van der Waals surface area contributed by atoms with E-state index in [2.05, 4.69) is 39.6 Å². The molecule has 0 amide bonds. The van der Waals surface area contributed by atoms with Gasteiger partial charge in [-0.05, 0) is 42.7 Å². The summed E-state index contributed by atoms with van der Waals surface area (Å²) in [6.45, 7) is 0. The number of ether oxygens (including phenoxy) is 1. The number of hydrogen-bond donors (Lipinski definition) is 1. The van der Waals surface area contributed by atoms with Crippen molar-refractivity contribution in [1.29, 1.82) is 0 Å². The van der Waals surface area contributed by atoms with Gasteiger partial charge in [-0.1, -0.05) is 36.8 Å². The maximum atomic E-state index is 13.0. The van der Waals surface area contributed by atoms with Gasteiger partial charge >= 0.3 is 0 Å². The molecule has 1 fully saturated rings. The van der Waals surface area contributed by atoms with Gasteiger partial charge in [0, 0.05) is 24.2 Å². The summed E-state index contributed by atoms with van der Waals surface area (Å²) in [6.07, 6.45) is 5.10. The van der Waals surface area contributed by atoms with Crippen molar-refractivity contribution >= 4 is 5.95 Å². The SMILES string of the molecule is Fc1ccc(Oc2ccnc(NC3CCCC3c3ccccc3)n2)cc1. The Hall–Kier alpha value is -2.95. The third-order valence-electron chi connectivity index (χ3n) is 4.72. The predicted molar refractivity (Wildman–Crippen MR) is 99.0 cm³/mol. The Morgan fingerprint density at radius 2 is 1.77 bits per heavy atom. The van der Waals surface area contributed by atoms with Crippen LogP contribution in [-0.4, -0.2) is 16.0 Å². The van der Waals surface area contributed by atoms with Gasteiger partial charge in [0.05, 0.1) is 0 Å². The van der Waals surface area contributed by atoms with Crippen molar-refractivity contribution in [2.24, 2.45) is 0 Å². The smallest absolute Gasteiger partial charge is 0.226 e. The van der Waals surface area contributed by atoms with E-state index in [-0.39, 0.29) is 5.82 Å². The number of benzene rings is 2. The topological polar surface area (TPSA) is 47.0 Å². The van der Waals surface area contributed by atoms with Crippen LogP contribution in [0.2, 0.25) is 0 Å². The molecule has 4 rings (SSSR count). The molecule has 0 aliphatic heterocycles.